The highest BCUT2D eigenvalue weighted by Crippen LogP contribution is 2.40. The summed E-state index contributed by atoms with van der Waals surface area (Å²) in [5.74, 6) is 1.60. The van der Waals surface area contributed by atoms with Crippen molar-refractivity contribution in [1.82, 2.24) is 14.9 Å². The number of ether oxygens (including phenoxy) is 2. The molecule has 0 radical (unpaired) electrons. The molecule has 0 unspecified atom stereocenters. The van der Waals surface area contributed by atoms with Gasteiger partial charge < -0.3 is 24.6 Å². The van der Waals surface area contributed by atoms with Gasteiger partial charge in [-0.25, -0.2) is 0 Å². The van der Waals surface area contributed by atoms with Crippen LogP contribution in [-0.2, 0) is 12.8 Å². The number of anilines is 2. The zero-order valence-corrected chi connectivity index (χ0v) is 22.0. The topological polar surface area (TPSA) is 62.8 Å². The van der Waals surface area contributed by atoms with Gasteiger partial charge in [0.05, 0.1) is 19.2 Å². The number of hydrogen-bond acceptors (Lipinski definition) is 7. The summed E-state index contributed by atoms with van der Waals surface area (Å²) in [6, 6.07) is 8.90. The van der Waals surface area contributed by atoms with Crippen LogP contribution in [0.15, 0.2) is 36.7 Å². The third-order valence-corrected chi connectivity index (χ3v) is 8.24. The minimum Gasteiger partial charge on any atom is -0.493 e. The normalized spacial score (nSPS) is 18.4. The lowest BCUT2D eigenvalue weighted by atomic mass is 10.0. The Morgan fingerprint density at radius 3 is 2.57 bits per heavy atom. The molecule has 7 heteroatoms. The van der Waals surface area contributed by atoms with Crippen molar-refractivity contribution in [2.24, 2.45) is 0 Å². The summed E-state index contributed by atoms with van der Waals surface area (Å²) < 4.78 is 12.0. The minimum absolute atomic E-state index is 0.445. The first-order valence-electron chi connectivity index (χ1n) is 14.1. The number of hydrogen-bond donors (Lipinski definition) is 1. The zero-order valence-electron chi connectivity index (χ0n) is 22.0. The molecule has 196 valence electrons. The molecule has 4 heterocycles. The highest BCUT2D eigenvalue weighted by atomic mass is 16.5. The highest BCUT2D eigenvalue weighted by Gasteiger charge is 2.25. The summed E-state index contributed by atoms with van der Waals surface area (Å²) in [6.45, 7) is 6.36. The Morgan fingerprint density at radius 2 is 1.78 bits per heavy atom. The minimum atomic E-state index is 0.445. The van der Waals surface area contributed by atoms with E-state index in [1.165, 1.54) is 55.0 Å². The highest BCUT2D eigenvalue weighted by molar-refractivity contribution is 5.96. The van der Waals surface area contributed by atoms with Crippen LogP contribution in [0, 0.1) is 0 Å². The van der Waals surface area contributed by atoms with Crippen LogP contribution in [0.4, 0.5) is 11.4 Å². The van der Waals surface area contributed by atoms with Gasteiger partial charge in [0, 0.05) is 66.6 Å². The number of benzene rings is 1. The fraction of sp³-hybridized carbons (Fsp3) is 0.533. The fourth-order valence-electron chi connectivity index (χ4n) is 6.23. The van der Waals surface area contributed by atoms with Crippen LogP contribution >= 0.6 is 0 Å². The van der Waals surface area contributed by atoms with E-state index in [9.17, 15) is 0 Å². The SMILES string of the molecule is COc1cc2c(NC3CCN(c4ccncc4)CC3)c3c(nc2cc1OCCCN1CCCC1)CCC3. The number of pyridine rings is 2. The second kappa shape index (κ2) is 11.1. The average molecular weight is 502 g/mol. The van der Waals surface area contributed by atoms with E-state index in [1.54, 1.807) is 7.11 Å². The Morgan fingerprint density at radius 1 is 0.973 bits per heavy atom. The summed E-state index contributed by atoms with van der Waals surface area (Å²) in [5.41, 5.74) is 6.17. The zero-order chi connectivity index (χ0) is 25.0. The van der Waals surface area contributed by atoms with E-state index in [4.69, 9.17) is 14.5 Å². The van der Waals surface area contributed by atoms with Crippen molar-refractivity contribution in [2.75, 3.05) is 56.7 Å². The number of nitrogens with zero attached hydrogens (tertiary/aromatic N) is 4. The van der Waals surface area contributed by atoms with Gasteiger partial charge in [0.25, 0.3) is 0 Å². The van der Waals surface area contributed by atoms with Gasteiger partial charge in [-0.15, -0.1) is 0 Å². The monoisotopic (exact) mass is 501 g/mol. The first-order valence-corrected chi connectivity index (χ1v) is 14.1. The molecule has 0 saturated carbocycles. The van der Waals surface area contributed by atoms with E-state index in [0.717, 1.165) is 74.1 Å². The largest absolute Gasteiger partial charge is 0.493 e. The number of methoxy groups -OCH3 is 1. The summed E-state index contributed by atoms with van der Waals surface area (Å²) in [7, 11) is 1.74. The molecular weight excluding hydrogens is 462 g/mol. The number of nitrogens with one attached hydrogen (secondary N) is 1. The number of piperidine rings is 1. The first kappa shape index (κ1) is 24.3. The second-order valence-electron chi connectivity index (χ2n) is 10.6. The molecule has 1 aromatic carbocycles. The number of rotatable bonds is 9. The maximum atomic E-state index is 6.24. The van der Waals surface area contributed by atoms with Crippen molar-refractivity contribution in [3.05, 3.63) is 47.9 Å². The molecule has 0 atom stereocenters. The molecule has 3 aromatic rings. The van der Waals surface area contributed by atoms with Crippen LogP contribution in [0.2, 0.25) is 0 Å². The average Bonchev–Trinajstić information content (AvgIpc) is 3.64. The lowest BCUT2D eigenvalue weighted by Crippen LogP contribution is -2.39. The Kier molecular flexibility index (Phi) is 7.31. The third-order valence-electron chi connectivity index (χ3n) is 8.24. The standard InChI is InChI=1S/C30H39N5O2/c1-36-28-20-25-27(21-29(28)37-19-5-16-34-14-2-3-15-34)33-26-7-4-6-24(26)30(25)32-22-10-17-35(18-11-22)23-8-12-31-13-9-23/h8-9,12-13,20-22H,2-7,10-11,14-19H2,1H3,(H,32,33). The summed E-state index contributed by atoms with van der Waals surface area (Å²) >= 11 is 0. The number of aryl methyl sites for hydroxylation is 1. The van der Waals surface area contributed by atoms with Gasteiger partial charge in [-0.1, -0.05) is 0 Å². The van der Waals surface area contributed by atoms with Crippen LogP contribution in [0.1, 0.15) is 49.8 Å². The first-order chi connectivity index (χ1) is 18.3. The molecule has 3 aliphatic rings. The molecule has 0 amide bonds. The van der Waals surface area contributed by atoms with E-state index in [1.807, 2.05) is 12.4 Å². The third kappa shape index (κ3) is 5.33. The molecular formula is C30H39N5O2. The van der Waals surface area contributed by atoms with Crippen molar-refractivity contribution >= 4 is 22.3 Å². The summed E-state index contributed by atoms with van der Waals surface area (Å²) in [5, 5.41) is 5.12. The molecule has 6 rings (SSSR count). The van der Waals surface area contributed by atoms with E-state index >= 15 is 0 Å². The van der Waals surface area contributed by atoms with Gasteiger partial charge in [-0.3, -0.25) is 9.97 Å². The van der Waals surface area contributed by atoms with Crippen molar-refractivity contribution in [3.8, 4) is 11.5 Å². The predicted molar refractivity (Wildman–Crippen MR) is 149 cm³/mol. The lowest BCUT2D eigenvalue weighted by molar-refractivity contribution is 0.254. The van der Waals surface area contributed by atoms with E-state index in [0.29, 0.717) is 12.6 Å². The Labute approximate surface area is 220 Å². The molecule has 2 fully saturated rings. The predicted octanol–water partition coefficient (Wildman–Crippen LogP) is 5.07. The van der Waals surface area contributed by atoms with Crippen molar-refractivity contribution < 1.29 is 9.47 Å². The fourth-order valence-corrected chi connectivity index (χ4v) is 6.23. The van der Waals surface area contributed by atoms with Crippen molar-refractivity contribution in [1.29, 1.82) is 0 Å². The van der Waals surface area contributed by atoms with Gasteiger partial charge in [0.1, 0.15) is 0 Å². The van der Waals surface area contributed by atoms with Crippen LogP contribution in [0.3, 0.4) is 0 Å². The Hall–Kier alpha value is -3.06. The molecule has 0 bridgehead atoms. The summed E-state index contributed by atoms with van der Waals surface area (Å²) in [4.78, 5) is 14.3. The quantitative estimate of drug-likeness (QED) is 0.411. The number of fused-ring (bicyclic) bond motifs is 2. The van der Waals surface area contributed by atoms with Crippen LogP contribution in [0.25, 0.3) is 10.9 Å². The lowest BCUT2D eigenvalue weighted by Gasteiger charge is -2.35. The van der Waals surface area contributed by atoms with Gasteiger partial charge in [-0.05, 0) is 88.2 Å². The van der Waals surface area contributed by atoms with Crippen LogP contribution < -0.4 is 19.7 Å². The maximum absolute atomic E-state index is 6.24. The Balaban J connectivity index is 1.19. The number of aromatic nitrogens is 2. The van der Waals surface area contributed by atoms with Crippen molar-refractivity contribution in [3.63, 3.8) is 0 Å². The maximum Gasteiger partial charge on any atom is 0.163 e. The molecule has 0 spiro atoms. The molecule has 37 heavy (non-hydrogen) atoms. The van der Waals surface area contributed by atoms with Crippen molar-refractivity contribution in [2.45, 2.75) is 57.4 Å². The molecule has 1 N–H and O–H groups in total. The van der Waals surface area contributed by atoms with E-state index < -0.39 is 0 Å². The second-order valence-corrected chi connectivity index (χ2v) is 10.6. The van der Waals surface area contributed by atoms with Gasteiger partial charge in [0.2, 0.25) is 0 Å². The van der Waals surface area contributed by atoms with E-state index in [-0.39, 0.29) is 0 Å². The molecule has 7 nitrogen and oxygen atoms in total. The molecule has 2 aliphatic heterocycles. The number of likely N-dealkylation sites (tertiary alicyclic amines) is 1. The smallest absolute Gasteiger partial charge is 0.163 e. The van der Waals surface area contributed by atoms with Crippen LogP contribution in [-0.4, -0.2) is 67.4 Å². The Bertz CT molecular complexity index is 1200. The van der Waals surface area contributed by atoms with Gasteiger partial charge >= 0.3 is 0 Å². The van der Waals surface area contributed by atoms with Crippen LogP contribution in [0.5, 0.6) is 11.5 Å². The molecule has 2 aromatic heterocycles. The van der Waals surface area contributed by atoms with Gasteiger partial charge in [0.15, 0.2) is 11.5 Å². The van der Waals surface area contributed by atoms with E-state index in [2.05, 4.69) is 44.4 Å². The molecule has 1 aliphatic carbocycles. The molecule has 2 saturated heterocycles. The summed E-state index contributed by atoms with van der Waals surface area (Å²) in [6.07, 6.45) is 13.0. The van der Waals surface area contributed by atoms with Gasteiger partial charge in [-0.2, -0.15) is 0 Å².